The second-order valence-electron chi connectivity index (χ2n) is 9.81. The molecular weight excluding hydrogens is 538 g/mol. The smallest absolute Gasteiger partial charge is 0.303 e. The molecule has 1 aromatic heterocycles. The molecule has 10 heteroatoms. The van der Waals surface area contributed by atoms with Gasteiger partial charge in [0.05, 0.1) is 12.1 Å². The second-order valence-corrected chi connectivity index (χ2v) is 9.81. The number of aromatic nitrogens is 1. The molecule has 42 heavy (non-hydrogen) atoms. The van der Waals surface area contributed by atoms with E-state index >= 15 is 0 Å². The van der Waals surface area contributed by atoms with Gasteiger partial charge < -0.3 is 35.4 Å². The van der Waals surface area contributed by atoms with Crippen LogP contribution in [0.4, 0.5) is 0 Å². The van der Waals surface area contributed by atoms with Gasteiger partial charge in [-0.3, -0.25) is 14.6 Å². The highest BCUT2D eigenvalue weighted by Crippen LogP contribution is 2.29. The zero-order valence-corrected chi connectivity index (χ0v) is 23.1. The highest BCUT2D eigenvalue weighted by atomic mass is 16.5. The van der Waals surface area contributed by atoms with Gasteiger partial charge in [-0.05, 0) is 66.9 Å². The molecule has 4 aromatic rings. The van der Waals surface area contributed by atoms with Crippen LogP contribution in [0.1, 0.15) is 28.8 Å². The summed E-state index contributed by atoms with van der Waals surface area (Å²) in [5, 5.41) is 35.5. The molecule has 220 valence electrons. The Labute approximate surface area is 243 Å². The molecule has 0 fully saturated rings. The Balaban J connectivity index is 1.29. The summed E-state index contributed by atoms with van der Waals surface area (Å²) in [5.41, 5.74) is 2.01. The molecule has 0 unspecified atom stereocenters. The zero-order valence-electron chi connectivity index (χ0n) is 23.1. The first-order valence-corrected chi connectivity index (χ1v) is 13.8. The van der Waals surface area contributed by atoms with Crippen LogP contribution in [-0.4, -0.2) is 70.6 Å². The first-order chi connectivity index (χ1) is 20.4. The number of rotatable bonds is 16. The van der Waals surface area contributed by atoms with E-state index in [-0.39, 0.29) is 44.7 Å². The van der Waals surface area contributed by atoms with Crippen molar-refractivity contribution in [3.63, 3.8) is 0 Å². The highest BCUT2D eigenvalue weighted by Gasteiger charge is 2.13. The van der Waals surface area contributed by atoms with E-state index in [9.17, 15) is 19.8 Å². The number of fused-ring (bicyclic) bond motifs is 1. The largest absolute Gasteiger partial charge is 0.491 e. The first kappa shape index (κ1) is 30.4. The number of amides is 1. The number of carbonyl (C=O) groups is 2. The number of benzene rings is 3. The summed E-state index contributed by atoms with van der Waals surface area (Å²) in [6.07, 6.45) is 1.80. The van der Waals surface area contributed by atoms with Crippen molar-refractivity contribution < 1.29 is 34.4 Å². The minimum atomic E-state index is -0.898. The van der Waals surface area contributed by atoms with Gasteiger partial charge in [0.25, 0.3) is 5.91 Å². The lowest BCUT2D eigenvalue weighted by atomic mass is 10.1. The lowest BCUT2D eigenvalue weighted by molar-refractivity contribution is -0.137. The lowest BCUT2D eigenvalue weighted by Gasteiger charge is -2.19. The Kier molecular flexibility index (Phi) is 11.2. The summed E-state index contributed by atoms with van der Waals surface area (Å²) < 4.78 is 11.7. The van der Waals surface area contributed by atoms with Crippen LogP contribution >= 0.6 is 0 Å². The second kappa shape index (κ2) is 15.5. The van der Waals surface area contributed by atoms with E-state index in [4.69, 9.17) is 14.6 Å². The standard InChI is InChI=1S/C32H35N3O7/c36-20-24(35-19-25(37)21-41-26-5-2-1-3-6-26)17-22-8-11-27(12-9-22)42-30-14-16-33-29-18-23(10-13-28(29)30)32(40)34-15-4-7-31(38)39/h1-3,5-6,8-14,16,18,24-25,35-37H,4,7,15,17,19-21H2,(H,34,40)(H,38,39)/t24-,25-/m0/s1. The number of aliphatic hydroxyl groups is 2. The average Bonchev–Trinajstić information content (AvgIpc) is 3.01. The van der Waals surface area contributed by atoms with Crippen molar-refractivity contribution in [2.75, 3.05) is 26.3 Å². The summed E-state index contributed by atoms with van der Waals surface area (Å²) in [4.78, 5) is 27.4. The Morgan fingerprint density at radius 2 is 1.74 bits per heavy atom. The number of ether oxygens (including phenoxy) is 2. The molecule has 3 aromatic carbocycles. The van der Waals surface area contributed by atoms with E-state index in [2.05, 4.69) is 15.6 Å². The van der Waals surface area contributed by atoms with Gasteiger partial charge in [-0.1, -0.05) is 30.3 Å². The van der Waals surface area contributed by atoms with Crippen LogP contribution in [0.3, 0.4) is 0 Å². The minimum Gasteiger partial charge on any atom is -0.491 e. The fourth-order valence-corrected chi connectivity index (χ4v) is 4.27. The molecule has 0 bridgehead atoms. The third-order valence-electron chi connectivity index (χ3n) is 6.50. The quantitative estimate of drug-likeness (QED) is 0.127. The third-order valence-corrected chi connectivity index (χ3v) is 6.50. The number of hydrogen-bond donors (Lipinski definition) is 5. The van der Waals surface area contributed by atoms with Crippen molar-refractivity contribution in [3.8, 4) is 17.2 Å². The molecular formula is C32H35N3O7. The lowest BCUT2D eigenvalue weighted by Crippen LogP contribution is -2.41. The Hall–Kier alpha value is -4.51. The van der Waals surface area contributed by atoms with Crippen molar-refractivity contribution >= 4 is 22.8 Å². The number of nitrogens with zero attached hydrogens (tertiary/aromatic N) is 1. The molecule has 0 radical (unpaired) electrons. The van der Waals surface area contributed by atoms with Gasteiger partial charge >= 0.3 is 5.97 Å². The van der Waals surface area contributed by atoms with E-state index in [0.717, 1.165) is 10.9 Å². The van der Waals surface area contributed by atoms with Crippen LogP contribution in [0.2, 0.25) is 0 Å². The van der Waals surface area contributed by atoms with Gasteiger partial charge in [0.1, 0.15) is 30.0 Å². The van der Waals surface area contributed by atoms with E-state index < -0.39 is 12.1 Å². The fourth-order valence-electron chi connectivity index (χ4n) is 4.27. The predicted molar refractivity (Wildman–Crippen MR) is 158 cm³/mol. The minimum absolute atomic E-state index is 0.00428. The molecule has 10 nitrogen and oxygen atoms in total. The molecule has 0 spiro atoms. The summed E-state index contributed by atoms with van der Waals surface area (Å²) in [5.74, 6) is 0.703. The van der Waals surface area contributed by atoms with E-state index in [1.807, 2.05) is 54.6 Å². The zero-order chi connectivity index (χ0) is 29.7. The maximum atomic E-state index is 12.4. The molecule has 1 heterocycles. The number of aliphatic hydroxyl groups excluding tert-OH is 2. The van der Waals surface area contributed by atoms with Crippen LogP contribution in [0, 0.1) is 0 Å². The van der Waals surface area contributed by atoms with Crippen molar-refractivity contribution in [1.29, 1.82) is 0 Å². The van der Waals surface area contributed by atoms with E-state index in [1.165, 1.54) is 0 Å². The number of pyridine rings is 1. The Bertz CT molecular complexity index is 1450. The van der Waals surface area contributed by atoms with Crippen LogP contribution in [0.25, 0.3) is 10.9 Å². The van der Waals surface area contributed by atoms with E-state index in [0.29, 0.717) is 41.2 Å². The van der Waals surface area contributed by atoms with Crippen molar-refractivity contribution in [1.82, 2.24) is 15.6 Å². The van der Waals surface area contributed by atoms with Gasteiger partial charge in [0.15, 0.2) is 0 Å². The molecule has 0 aliphatic rings. The molecule has 0 aliphatic carbocycles. The SMILES string of the molecule is O=C(O)CCCNC(=O)c1ccc2c(Oc3ccc(C[C@@H](CO)NC[C@H](O)COc4ccccc4)cc3)ccnc2c1. The summed E-state index contributed by atoms with van der Waals surface area (Å²) in [6, 6.07) is 23.5. The normalized spacial score (nSPS) is 12.4. The monoisotopic (exact) mass is 573 g/mol. The molecule has 0 saturated heterocycles. The molecule has 0 aliphatic heterocycles. The molecule has 4 rings (SSSR count). The number of nitrogens with one attached hydrogen (secondary N) is 2. The third kappa shape index (κ3) is 9.27. The van der Waals surface area contributed by atoms with Gasteiger partial charge in [0, 0.05) is 42.7 Å². The molecule has 2 atom stereocenters. The average molecular weight is 574 g/mol. The van der Waals surface area contributed by atoms with E-state index in [1.54, 1.807) is 30.5 Å². The van der Waals surface area contributed by atoms with Gasteiger partial charge in [-0.25, -0.2) is 0 Å². The van der Waals surface area contributed by atoms with Crippen molar-refractivity contribution in [2.45, 2.75) is 31.4 Å². The van der Waals surface area contributed by atoms with Crippen LogP contribution in [0.5, 0.6) is 17.2 Å². The fraction of sp³-hybridized carbons (Fsp3) is 0.281. The highest BCUT2D eigenvalue weighted by molar-refractivity contribution is 5.98. The topological polar surface area (TPSA) is 150 Å². The molecule has 1 amide bonds. The summed E-state index contributed by atoms with van der Waals surface area (Å²) >= 11 is 0. The maximum Gasteiger partial charge on any atom is 0.303 e. The number of para-hydroxylation sites is 1. The van der Waals surface area contributed by atoms with Crippen LogP contribution in [0.15, 0.2) is 85.1 Å². The maximum absolute atomic E-state index is 12.4. The molecule has 5 N–H and O–H groups in total. The number of carboxylic acid groups (broad SMARTS) is 1. The Morgan fingerprint density at radius 3 is 2.48 bits per heavy atom. The first-order valence-electron chi connectivity index (χ1n) is 13.8. The van der Waals surface area contributed by atoms with Crippen molar-refractivity contribution in [3.05, 3.63) is 96.2 Å². The van der Waals surface area contributed by atoms with Gasteiger partial charge in [-0.15, -0.1) is 0 Å². The van der Waals surface area contributed by atoms with Crippen LogP contribution in [-0.2, 0) is 11.2 Å². The number of aliphatic carboxylic acids is 1. The number of hydrogen-bond acceptors (Lipinski definition) is 8. The van der Waals surface area contributed by atoms with Crippen LogP contribution < -0.4 is 20.1 Å². The van der Waals surface area contributed by atoms with Crippen molar-refractivity contribution in [2.24, 2.45) is 0 Å². The molecule has 0 saturated carbocycles. The number of carbonyl (C=O) groups excluding carboxylic acids is 1. The predicted octanol–water partition coefficient (Wildman–Crippen LogP) is 3.55. The van der Waals surface area contributed by atoms with Gasteiger partial charge in [-0.2, -0.15) is 0 Å². The Morgan fingerprint density at radius 1 is 0.952 bits per heavy atom. The summed E-state index contributed by atoms with van der Waals surface area (Å²) in [7, 11) is 0. The number of carboxylic acids is 1. The van der Waals surface area contributed by atoms with Gasteiger partial charge in [0.2, 0.25) is 0 Å². The summed E-state index contributed by atoms with van der Waals surface area (Å²) in [6.45, 7) is 0.614.